The van der Waals surface area contributed by atoms with Gasteiger partial charge in [-0.3, -0.25) is 10.1 Å². The number of thiophene rings is 1. The largest absolute Gasteiger partial charge is 0.351 e. The second-order valence-electron chi connectivity index (χ2n) is 6.49. The number of quaternary nitrogens is 2. The number of imide groups is 1. The Bertz CT molecular complexity index is 760. The molecule has 26 heavy (non-hydrogen) atoms. The lowest BCUT2D eigenvalue weighted by molar-refractivity contribution is -1.03. The summed E-state index contributed by atoms with van der Waals surface area (Å²) >= 11 is 7.63. The predicted octanol–water partition coefficient (Wildman–Crippen LogP) is -0.379. The Labute approximate surface area is 161 Å². The number of hydrogen-bond acceptors (Lipinski definition) is 3. The van der Waals surface area contributed by atoms with Crippen LogP contribution >= 0.6 is 22.9 Å². The number of rotatable bonds is 5. The molecule has 0 spiro atoms. The summed E-state index contributed by atoms with van der Waals surface area (Å²) in [7, 11) is 0. The van der Waals surface area contributed by atoms with Crippen molar-refractivity contribution in [2.75, 3.05) is 26.2 Å². The van der Waals surface area contributed by atoms with Gasteiger partial charge in [0, 0.05) is 5.56 Å². The molecular formula is C18H23ClN4O2S+2. The van der Waals surface area contributed by atoms with Crippen LogP contribution in [0.15, 0.2) is 42.5 Å². The molecule has 1 fully saturated rings. The molecule has 5 N–H and O–H groups in total. The van der Waals surface area contributed by atoms with Crippen LogP contribution in [0, 0.1) is 0 Å². The van der Waals surface area contributed by atoms with Crippen LogP contribution in [0.2, 0.25) is 4.34 Å². The molecule has 0 aliphatic carbocycles. The summed E-state index contributed by atoms with van der Waals surface area (Å²) in [5.74, 6) is -0.341. The standard InChI is InChI=1S/C18H21ClN4O2S/c19-15-7-6-14(26-15)12-22-8-10-23(11-9-22)16(17(24)21-18(20)25)13-4-2-1-3-5-13/h1-7,16H,8-12H2,(H3,20,21,24,25)/p+2/t16-/m1/s1. The molecule has 0 radical (unpaired) electrons. The van der Waals surface area contributed by atoms with Crippen molar-refractivity contribution in [3.05, 3.63) is 57.2 Å². The fourth-order valence-electron chi connectivity index (χ4n) is 3.49. The van der Waals surface area contributed by atoms with E-state index in [1.165, 1.54) is 9.78 Å². The zero-order chi connectivity index (χ0) is 18.5. The van der Waals surface area contributed by atoms with Crippen molar-refractivity contribution in [1.29, 1.82) is 0 Å². The van der Waals surface area contributed by atoms with Crippen LogP contribution in [-0.4, -0.2) is 38.1 Å². The molecule has 3 amide bonds. The molecule has 2 aromatic rings. The number of piperazine rings is 1. The first-order chi connectivity index (χ1) is 12.5. The fraction of sp³-hybridized carbons (Fsp3) is 0.333. The molecule has 3 rings (SSSR count). The van der Waals surface area contributed by atoms with Crippen LogP contribution in [0.3, 0.4) is 0 Å². The maximum Gasteiger partial charge on any atom is 0.319 e. The van der Waals surface area contributed by atoms with E-state index in [2.05, 4.69) is 11.4 Å². The van der Waals surface area contributed by atoms with Crippen LogP contribution in [0.5, 0.6) is 0 Å². The molecule has 8 heteroatoms. The summed E-state index contributed by atoms with van der Waals surface area (Å²) in [6, 6.07) is 12.3. The van der Waals surface area contributed by atoms with Gasteiger partial charge < -0.3 is 15.5 Å². The number of carbonyl (C=O) groups is 2. The van der Waals surface area contributed by atoms with Gasteiger partial charge >= 0.3 is 6.03 Å². The minimum atomic E-state index is -0.811. The molecule has 0 unspecified atom stereocenters. The van der Waals surface area contributed by atoms with E-state index >= 15 is 0 Å². The quantitative estimate of drug-likeness (QED) is 0.557. The SMILES string of the molecule is NC(=O)NC(=O)[C@@H](c1ccccc1)[NH+]1CC[NH+](Cc2ccc(Cl)s2)CC1. The molecule has 2 heterocycles. The summed E-state index contributed by atoms with van der Waals surface area (Å²) in [4.78, 5) is 27.6. The second-order valence-corrected chi connectivity index (χ2v) is 8.29. The maximum atomic E-state index is 12.6. The highest BCUT2D eigenvalue weighted by atomic mass is 35.5. The normalized spacial score (nSPS) is 21.1. The Balaban J connectivity index is 1.66. The third-order valence-corrected chi connectivity index (χ3v) is 5.93. The smallest absolute Gasteiger partial charge is 0.319 e. The Kier molecular flexibility index (Phi) is 6.26. The Morgan fingerprint density at radius 1 is 1.12 bits per heavy atom. The van der Waals surface area contributed by atoms with Crippen molar-refractivity contribution in [1.82, 2.24) is 5.32 Å². The third-order valence-electron chi connectivity index (χ3n) is 4.70. The summed E-state index contributed by atoms with van der Waals surface area (Å²) < 4.78 is 0.816. The van der Waals surface area contributed by atoms with Gasteiger partial charge in [0.25, 0.3) is 5.91 Å². The van der Waals surface area contributed by atoms with Gasteiger partial charge in [-0.05, 0) is 12.1 Å². The van der Waals surface area contributed by atoms with Crippen LogP contribution in [0.4, 0.5) is 4.79 Å². The van der Waals surface area contributed by atoms with Gasteiger partial charge in [0.1, 0.15) is 32.7 Å². The minimum Gasteiger partial charge on any atom is -0.351 e. The molecule has 0 saturated carbocycles. The van der Waals surface area contributed by atoms with Crippen molar-refractivity contribution in [2.45, 2.75) is 12.6 Å². The first-order valence-electron chi connectivity index (χ1n) is 8.60. The number of primary amides is 1. The molecule has 0 bridgehead atoms. The van der Waals surface area contributed by atoms with Gasteiger partial charge in [0.2, 0.25) is 0 Å². The average Bonchev–Trinajstić information content (AvgIpc) is 3.02. The van der Waals surface area contributed by atoms with Crippen LogP contribution in [0.1, 0.15) is 16.5 Å². The van der Waals surface area contributed by atoms with Crippen LogP contribution in [-0.2, 0) is 11.3 Å². The van der Waals surface area contributed by atoms with Gasteiger partial charge in [-0.1, -0.05) is 41.9 Å². The maximum absolute atomic E-state index is 12.6. The molecule has 1 saturated heterocycles. The Hall–Kier alpha value is -1.93. The number of benzene rings is 1. The van der Waals surface area contributed by atoms with Gasteiger partial charge in [-0.2, -0.15) is 0 Å². The molecule has 1 aromatic carbocycles. The highest BCUT2D eigenvalue weighted by Gasteiger charge is 2.36. The van der Waals surface area contributed by atoms with E-state index in [0.29, 0.717) is 0 Å². The molecule has 1 aliphatic rings. The zero-order valence-electron chi connectivity index (χ0n) is 14.3. The lowest BCUT2D eigenvalue weighted by Crippen LogP contribution is -3.28. The Morgan fingerprint density at radius 3 is 2.38 bits per heavy atom. The van der Waals surface area contributed by atoms with Crippen molar-refractivity contribution in [2.24, 2.45) is 5.73 Å². The van der Waals surface area contributed by atoms with Crippen molar-refractivity contribution in [3.8, 4) is 0 Å². The number of hydrogen-bond donors (Lipinski definition) is 4. The molecule has 1 aromatic heterocycles. The first-order valence-corrected chi connectivity index (χ1v) is 9.80. The highest BCUT2D eigenvalue weighted by Crippen LogP contribution is 2.20. The van der Waals surface area contributed by atoms with Crippen LogP contribution in [0.25, 0.3) is 0 Å². The summed E-state index contributed by atoms with van der Waals surface area (Å²) in [6.45, 7) is 4.56. The number of nitrogens with two attached hydrogens (primary N) is 1. The molecule has 138 valence electrons. The van der Waals surface area contributed by atoms with Crippen LogP contribution < -0.4 is 20.9 Å². The average molecular weight is 395 g/mol. The molecule has 1 atom stereocenters. The number of urea groups is 1. The molecule has 1 aliphatic heterocycles. The highest BCUT2D eigenvalue weighted by molar-refractivity contribution is 7.16. The number of carbonyl (C=O) groups excluding carboxylic acids is 2. The lowest BCUT2D eigenvalue weighted by atomic mass is 10.0. The van der Waals surface area contributed by atoms with E-state index in [0.717, 1.165) is 47.5 Å². The third kappa shape index (κ3) is 4.82. The van der Waals surface area contributed by atoms with E-state index in [1.54, 1.807) is 11.3 Å². The van der Waals surface area contributed by atoms with E-state index < -0.39 is 12.1 Å². The van der Waals surface area contributed by atoms with Crippen molar-refractivity contribution in [3.63, 3.8) is 0 Å². The van der Waals surface area contributed by atoms with Gasteiger partial charge in [0.15, 0.2) is 6.04 Å². The number of halogens is 1. The minimum absolute atomic E-state index is 0.341. The van der Waals surface area contributed by atoms with Gasteiger partial charge in [0.05, 0.1) is 9.21 Å². The van der Waals surface area contributed by atoms with Crippen molar-refractivity contribution >= 4 is 34.9 Å². The first kappa shape index (κ1) is 18.8. The monoisotopic (exact) mass is 394 g/mol. The van der Waals surface area contributed by atoms with E-state index in [4.69, 9.17) is 17.3 Å². The summed E-state index contributed by atoms with van der Waals surface area (Å²) in [6.07, 6.45) is 0. The van der Waals surface area contributed by atoms with Crippen molar-refractivity contribution < 1.29 is 19.4 Å². The van der Waals surface area contributed by atoms with E-state index in [9.17, 15) is 9.59 Å². The topological polar surface area (TPSA) is 81.1 Å². The summed E-state index contributed by atoms with van der Waals surface area (Å²) in [5, 5.41) is 2.25. The van der Waals surface area contributed by atoms with E-state index in [-0.39, 0.29) is 5.91 Å². The van der Waals surface area contributed by atoms with E-state index in [1.807, 2.05) is 36.4 Å². The fourth-order valence-corrected chi connectivity index (χ4v) is 4.65. The van der Waals surface area contributed by atoms with Gasteiger partial charge in [-0.15, -0.1) is 11.3 Å². The predicted molar refractivity (Wildman–Crippen MR) is 101 cm³/mol. The van der Waals surface area contributed by atoms with Gasteiger partial charge in [-0.25, -0.2) is 4.79 Å². The second kappa shape index (κ2) is 8.64. The lowest BCUT2D eigenvalue weighted by Gasteiger charge is -2.33. The zero-order valence-corrected chi connectivity index (χ0v) is 15.9. The summed E-state index contributed by atoms with van der Waals surface area (Å²) in [5.41, 5.74) is 6.05. The number of nitrogens with one attached hydrogen (secondary N) is 3. The molecular weight excluding hydrogens is 372 g/mol. The molecule has 6 nitrogen and oxygen atoms in total. The Morgan fingerprint density at radius 2 is 1.81 bits per heavy atom. The number of amides is 3.